The molecule has 6 heteroatoms. The summed E-state index contributed by atoms with van der Waals surface area (Å²) in [6, 6.07) is 0.238. The molecule has 1 saturated heterocycles. The molecule has 0 radical (unpaired) electrons. The van der Waals surface area contributed by atoms with Crippen molar-refractivity contribution in [2.24, 2.45) is 0 Å². The average molecular weight is 273 g/mol. The lowest BCUT2D eigenvalue weighted by Gasteiger charge is -2.21. The maximum atomic E-state index is 5.22. The van der Waals surface area contributed by atoms with Gasteiger partial charge in [-0.15, -0.1) is 0 Å². The second kappa shape index (κ2) is 5.66. The Labute approximate surface area is 118 Å². The van der Waals surface area contributed by atoms with E-state index in [0.717, 1.165) is 49.6 Å². The molecule has 3 rings (SSSR count). The van der Waals surface area contributed by atoms with E-state index in [1.165, 1.54) is 0 Å². The molecule has 2 aromatic heterocycles. The first kappa shape index (κ1) is 13.2. The van der Waals surface area contributed by atoms with Gasteiger partial charge in [0.05, 0.1) is 17.4 Å². The monoisotopic (exact) mass is 273 g/mol. The standard InChI is InChI=1S/C14H19N5O/c1-3-13-17-14(18-20-13)12-5-4-6-19(12)9-11-8-15-10(2)7-16-11/h7-8,12H,3-6,9H2,1-2H3. The van der Waals surface area contributed by atoms with Crippen molar-refractivity contribution in [3.05, 3.63) is 35.5 Å². The summed E-state index contributed by atoms with van der Waals surface area (Å²) in [5.41, 5.74) is 1.93. The number of likely N-dealkylation sites (tertiary alicyclic amines) is 1. The highest BCUT2D eigenvalue weighted by Gasteiger charge is 2.30. The van der Waals surface area contributed by atoms with Crippen LogP contribution in [0.2, 0.25) is 0 Å². The third kappa shape index (κ3) is 2.70. The van der Waals surface area contributed by atoms with Crippen LogP contribution >= 0.6 is 0 Å². The SMILES string of the molecule is CCc1nc(C2CCCN2Cc2cnc(C)cn2)no1. The zero-order valence-electron chi connectivity index (χ0n) is 11.9. The Hall–Kier alpha value is -1.82. The number of hydrogen-bond acceptors (Lipinski definition) is 6. The van der Waals surface area contributed by atoms with Crippen molar-refractivity contribution >= 4 is 0 Å². The summed E-state index contributed by atoms with van der Waals surface area (Å²) in [5.74, 6) is 1.52. The van der Waals surface area contributed by atoms with Gasteiger partial charge in [0.1, 0.15) is 0 Å². The largest absolute Gasteiger partial charge is 0.339 e. The molecule has 0 aliphatic carbocycles. The first-order valence-corrected chi connectivity index (χ1v) is 7.10. The molecule has 1 aliphatic rings. The average Bonchev–Trinajstić information content (AvgIpc) is 3.09. The highest BCUT2D eigenvalue weighted by atomic mass is 16.5. The van der Waals surface area contributed by atoms with Gasteiger partial charge in [-0.1, -0.05) is 12.1 Å². The number of aromatic nitrogens is 4. The van der Waals surface area contributed by atoms with Gasteiger partial charge >= 0.3 is 0 Å². The van der Waals surface area contributed by atoms with Crippen molar-refractivity contribution in [3.63, 3.8) is 0 Å². The molecular weight excluding hydrogens is 254 g/mol. The molecule has 20 heavy (non-hydrogen) atoms. The van der Waals surface area contributed by atoms with E-state index in [0.29, 0.717) is 5.89 Å². The smallest absolute Gasteiger partial charge is 0.226 e. The minimum absolute atomic E-state index is 0.238. The molecule has 2 aromatic rings. The topological polar surface area (TPSA) is 67.9 Å². The molecule has 0 N–H and O–H groups in total. The molecular formula is C14H19N5O. The van der Waals surface area contributed by atoms with E-state index in [1.807, 2.05) is 26.2 Å². The predicted molar refractivity (Wildman–Crippen MR) is 72.8 cm³/mol. The van der Waals surface area contributed by atoms with Crippen LogP contribution in [0.5, 0.6) is 0 Å². The Morgan fingerprint density at radius 1 is 1.35 bits per heavy atom. The van der Waals surface area contributed by atoms with Crippen LogP contribution in [-0.2, 0) is 13.0 Å². The molecule has 0 bridgehead atoms. The lowest BCUT2D eigenvalue weighted by atomic mass is 10.2. The lowest BCUT2D eigenvalue weighted by molar-refractivity contribution is 0.231. The van der Waals surface area contributed by atoms with Gasteiger partial charge in [-0.05, 0) is 26.3 Å². The molecule has 0 aromatic carbocycles. The van der Waals surface area contributed by atoms with Crippen LogP contribution in [0, 0.1) is 6.92 Å². The van der Waals surface area contributed by atoms with Crippen molar-refractivity contribution in [2.75, 3.05) is 6.54 Å². The fourth-order valence-electron chi connectivity index (χ4n) is 2.56. The second-order valence-corrected chi connectivity index (χ2v) is 5.18. The van der Waals surface area contributed by atoms with Crippen LogP contribution in [0.3, 0.4) is 0 Å². The zero-order chi connectivity index (χ0) is 13.9. The van der Waals surface area contributed by atoms with Gasteiger partial charge in [0, 0.05) is 25.4 Å². The third-order valence-electron chi connectivity index (χ3n) is 3.65. The van der Waals surface area contributed by atoms with Crippen molar-refractivity contribution in [3.8, 4) is 0 Å². The van der Waals surface area contributed by atoms with E-state index < -0.39 is 0 Å². The zero-order valence-corrected chi connectivity index (χ0v) is 11.9. The van der Waals surface area contributed by atoms with Gasteiger partial charge in [-0.2, -0.15) is 4.98 Å². The van der Waals surface area contributed by atoms with Crippen LogP contribution in [0.1, 0.15) is 48.9 Å². The molecule has 0 saturated carbocycles. The van der Waals surface area contributed by atoms with E-state index >= 15 is 0 Å². The first-order chi connectivity index (χ1) is 9.76. The van der Waals surface area contributed by atoms with Gasteiger partial charge < -0.3 is 4.52 Å². The minimum atomic E-state index is 0.238. The Bertz CT molecular complexity index is 565. The highest BCUT2D eigenvalue weighted by Crippen LogP contribution is 2.31. The molecule has 0 spiro atoms. The van der Waals surface area contributed by atoms with E-state index in [1.54, 1.807) is 0 Å². The second-order valence-electron chi connectivity index (χ2n) is 5.18. The summed E-state index contributed by atoms with van der Waals surface area (Å²) in [6.45, 7) is 5.79. The molecule has 1 unspecified atom stereocenters. The van der Waals surface area contributed by atoms with Crippen molar-refractivity contribution < 1.29 is 4.52 Å². The van der Waals surface area contributed by atoms with Gasteiger partial charge in [0.2, 0.25) is 5.89 Å². The van der Waals surface area contributed by atoms with Crippen molar-refractivity contribution in [1.82, 2.24) is 25.0 Å². The summed E-state index contributed by atoms with van der Waals surface area (Å²) < 4.78 is 5.22. The Morgan fingerprint density at radius 3 is 2.95 bits per heavy atom. The van der Waals surface area contributed by atoms with Gasteiger partial charge in [-0.3, -0.25) is 14.9 Å². The van der Waals surface area contributed by atoms with Crippen LogP contribution in [0.15, 0.2) is 16.9 Å². The summed E-state index contributed by atoms with van der Waals surface area (Å²) in [5, 5.41) is 4.11. The third-order valence-corrected chi connectivity index (χ3v) is 3.65. The van der Waals surface area contributed by atoms with Crippen LogP contribution in [0.25, 0.3) is 0 Å². The molecule has 1 fully saturated rings. The van der Waals surface area contributed by atoms with E-state index in [9.17, 15) is 0 Å². The molecule has 106 valence electrons. The number of rotatable bonds is 4. The van der Waals surface area contributed by atoms with E-state index in [-0.39, 0.29) is 6.04 Å². The fraction of sp³-hybridized carbons (Fsp3) is 0.571. The van der Waals surface area contributed by atoms with Gasteiger partial charge in [0.25, 0.3) is 0 Å². The van der Waals surface area contributed by atoms with Crippen molar-refractivity contribution in [1.29, 1.82) is 0 Å². The maximum absolute atomic E-state index is 5.22. The van der Waals surface area contributed by atoms with Crippen LogP contribution < -0.4 is 0 Å². The van der Waals surface area contributed by atoms with Gasteiger partial charge in [0.15, 0.2) is 5.82 Å². The van der Waals surface area contributed by atoms with Gasteiger partial charge in [-0.25, -0.2) is 0 Å². The van der Waals surface area contributed by atoms with Crippen molar-refractivity contribution in [2.45, 2.75) is 45.7 Å². The Morgan fingerprint density at radius 2 is 2.25 bits per heavy atom. The number of nitrogens with zero attached hydrogens (tertiary/aromatic N) is 5. The predicted octanol–water partition coefficient (Wildman–Crippen LogP) is 2.07. The molecule has 0 amide bonds. The number of hydrogen-bond donors (Lipinski definition) is 0. The molecule has 6 nitrogen and oxygen atoms in total. The Kier molecular flexibility index (Phi) is 3.73. The minimum Gasteiger partial charge on any atom is -0.339 e. The van der Waals surface area contributed by atoms with E-state index in [2.05, 4.69) is 25.0 Å². The van der Waals surface area contributed by atoms with Crippen LogP contribution in [-0.4, -0.2) is 31.6 Å². The summed E-state index contributed by atoms with van der Waals surface area (Å²) >= 11 is 0. The normalized spacial score (nSPS) is 19.6. The fourth-order valence-corrected chi connectivity index (χ4v) is 2.56. The molecule has 1 atom stereocenters. The van der Waals surface area contributed by atoms with E-state index in [4.69, 9.17) is 4.52 Å². The summed E-state index contributed by atoms with van der Waals surface area (Å²) in [7, 11) is 0. The number of aryl methyl sites for hydroxylation is 2. The van der Waals surface area contributed by atoms with Crippen LogP contribution in [0.4, 0.5) is 0 Å². The summed E-state index contributed by atoms with van der Waals surface area (Å²) in [6.07, 6.45) is 6.66. The first-order valence-electron chi connectivity index (χ1n) is 7.10. The molecule has 1 aliphatic heterocycles. The molecule has 3 heterocycles. The lowest BCUT2D eigenvalue weighted by Crippen LogP contribution is -2.24. The maximum Gasteiger partial charge on any atom is 0.226 e. The summed E-state index contributed by atoms with van der Waals surface area (Å²) in [4.78, 5) is 15.5. The highest BCUT2D eigenvalue weighted by molar-refractivity contribution is 5.04. The quantitative estimate of drug-likeness (QED) is 0.849. The Balaban J connectivity index is 1.73.